The van der Waals surface area contributed by atoms with E-state index < -0.39 is 5.97 Å². The van der Waals surface area contributed by atoms with Crippen LogP contribution in [0.2, 0.25) is 0 Å². The molecule has 0 amide bonds. The lowest BCUT2D eigenvalue weighted by Gasteiger charge is -2.46. The molecular weight excluding hydrogens is 274 g/mol. The molecule has 1 atom stereocenters. The van der Waals surface area contributed by atoms with Gasteiger partial charge in [0.05, 0.1) is 12.1 Å². The Morgan fingerprint density at radius 1 is 1.45 bits per heavy atom. The van der Waals surface area contributed by atoms with Crippen molar-refractivity contribution in [3.63, 3.8) is 0 Å². The third-order valence-electron chi connectivity index (χ3n) is 4.33. The average Bonchev–Trinajstić information content (AvgIpc) is 2.38. The van der Waals surface area contributed by atoms with Gasteiger partial charge in [0.1, 0.15) is 0 Å². The third kappa shape index (κ3) is 4.37. The van der Waals surface area contributed by atoms with Crippen molar-refractivity contribution < 1.29 is 14.6 Å². The Kier molecular flexibility index (Phi) is 5.75. The summed E-state index contributed by atoms with van der Waals surface area (Å²) in [6.45, 7) is 6.11. The molecule has 0 aliphatic carbocycles. The Labute approximate surface area is 126 Å². The van der Waals surface area contributed by atoms with E-state index in [1.165, 1.54) is 11.5 Å². The number of carbonyl (C=O) groups is 1. The number of nitrogens with zero attached hydrogens (tertiary/aromatic N) is 1. The Morgan fingerprint density at radius 3 is 2.75 bits per heavy atom. The zero-order valence-electron chi connectivity index (χ0n) is 12.6. The van der Waals surface area contributed by atoms with Gasteiger partial charge in [0.2, 0.25) is 0 Å². The predicted octanol–water partition coefficient (Wildman–Crippen LogP) is 2.47. The van der Waals surface area contributed by atoms with E-state index in [2.05, 4.69) is 18.7 Å². The van der Waals surface area contributed by atoms with Gasteiger partial charge >= 0.3 is 5.97 Å². The first-order valence-electron chi connectivity index (χ1n) is 7.68. The molecule has 2 saturated heterocycles. The van der Waals surface area contributed by atoms with E-state index in [1.54, 1.807) is 0 Å². The lowest BCUT2D eigenvalue weighted by Crippen LogP contribution is -2.52. The summed E-state index contributed by atoms with van der Waals surface area (Å²) in [7, 11) is 0. The predicted molar refractivity (Wildman–Crippen MR) is 82.3 cm³/mol. The van der Waals surface area contributed by atoms with Gasteiger partial charge in [0.25, 0.3) is 0 Å². The second kappa shape index (κ2) is 7.14. The van der Waals surface area contributed by atoms with E-state index in [4.69, 9.17) is 9.84 Å². The molecule has 0 aromatic rings. The molecular formula is C15H27NO3S. The van der Waals surface area contributed by atoms with Gasteiger partial charge in [-0.05, 0) is 43.1 Å². The maximum atomic E-state index is 11.1. The zero-order chi connectivity index (χ0) is 14.6. The van der Waals surface area contributed by atoms with Gasteiger partial charge in [-0.15, -0.1) is 0 Å². The topological polar surface area (TPSA) is 49.8 Å². The van der Waals surface area contributed by atoms with Crippen LogP contribution < -0.4 is 0 Å². The molecule has 2 aliphatic rings. The highest BCUT2D eigenvalue weighted by atomic mass is 32.2. The van der Waals surface area contributed by atoms with Gasteiger partial charge in [-0.3, -0.25) is 9.69 Å². The molecule has 4 nitrogen and oxygen atoms in total. The van der Waals surface area contributed by atoms with Crippen LogP contribution in [-0.2, 0) is 9.53 Å². The molecule has 0 aromatic carbocycles. The fourth-order valence-electron chi connectivity index (χ4n) is 3.39. The molecule has 1 spiro atoms. The minimum atomic E-state index is -0.717. The van der Waals surface area contributed by atoms with E-state index in [0.29, 0.717) is 12.0 Å². The molecule has 2 aliphatic heterocycles. The molecule has 2 rings (SSSR count). The van der Waals surface area contributed by atoms with Crippen LogP contribution in [0.15, 0.2) is 0 Å². The summed E-state index contributed by atoms with van der Waals surface area (Å²) in [6.07, 6.45) is 4.22. The monoisotopic (exact) mass is 301 g/mol. The maximum absolute atomic E-state index is 11.1. The molecule has 0 aromatic heterocycles. The zero-order valence-corrected chi connectivity index (χ0v) is 13.5. The van der Waals surface area contributed by atoms with Gasteiger partial charge in [-0.25, -0.2) is 0 Å². The van der Waals surface area contributed by atoms with Gasteiger partial charge in [0, 0.05) is 19.2 Å². The van der Waals surface area contributed by atoms with Crippen molar-refractivity contribution in [3.05, 3.63) is 0 Å². The second-order valence-electron chi connectivity index (χ2n) is 6.51. The summed E-state index contributed by atoms with van der Waals surface area (Å²) >= 11 is 2.01. The first-order valence-corrected chi connectivity index (χ1v) is 8.84. The number of thioether (sulfide) groups is 1. The summed E-state index contributed by atoms with van der Waals surface area (Å²) in [5.41, 5.74) is 0.0297. The minimum Gasteiger partial charge on any atom is -0.480 e. The lowest BCUT2D eigenvalue weighted by atomic mass is 9.84. The van der Waals surface area contributed by atoms with Crippen molar-refractivity contribution in [1.29, 1.82) is 0 Å². The number of carboxylic acid groups (broad SMARTS) is 1. The van der Waals surface area contributed by atoms with E-state index in [0.717, 1.165) is 38.8 Å². The lowest BCUT2D eigenvalue weighted by molar-refractivity contribution is -0.143. The van der Waals surface area contributed by atoms with Gasteiger partial charge < -0.3 is 9.84 Å². The molecule has 116 valence electrons. The van der Waals surface area contributed by atoms with Crippen molar-refractivity contribution in [1.82, 2.24) is 4.90 Å². The summed E-state index contributed by atoms with van der Waals surface area (Å²) in [5, 5.41) is 9.15. The van der Waals surface area contributed by atoms with E-state index in [1.807, 2.05) is 11.8 Å². The molecule has 0 bridgehead atoms. The minimum absolute atomic E-state index is 0.0297. The Hall–Kier alpha value is -0.260. The van der Waals surface area contributed by atoms with Crippen LogP contribution >= 0.6 is 11.8 Å². The van der Waals surface area contributed by atoms with Crippen LogP contribution in [0.1, 0.15) is 39.5 Å². The van der Waals surface area contributed by atoms with Crippen LogP contribution in [-0.4, -0.2) is 58.8 Å². The van der Waals surface area contributed by atoms with Gasteiger partial charge in [-0.1, -0.05) is 13.8 Å². The number of carboxylic acids is 1. The number of ether oxygens (including phenoxy) is 1. The molecule has 0 radical (unpaired) electrons. The van der Waals surface area contributed by atoms with Crippen LogP contribution in [0.3, 0.4) is 0 Å². The van der Waals surface area contributed by atoms with Crippen molar-refractivity contribution in [2.75, 3.05) is 31.2 Å². The van der Waals surface area contributed by atoms with Crippen molar-refractivity contribution >= 4 is 17.7 Å². The molecule has 0 saturated carbocycles. The fraction of sp³-hybridized carbons (Fsp3) is 0.933. The third-order valence-corrected chi connectivity index (χ3v) is 5.31. The van der Waals surface area contributed by atoms with Gasteiger partial charge in [-0.2, -0.15) is 11.8 Å². The fourth-order valence-corrected chi connectivity index (χ4v) is 4.63. The highest BCUT2D eigenvalue weighted by Gasteiger charge is 2.40. The summed E-state index contributed by atoms with van der Waals surface area (Å²) in [5.74, 6) is 2.13. The van der Waals surface area contributed by atoms with Crippen LogP contribution in [0.25, 0.3) is 0 Å². The Balaban J connectivity index is 2.01. The molecule has 5 heteroatoms. The van der Waals surface area contributed by atoms with E-state index in [-0.39, 0.29) is 12.1 Å². The van der Waals surface area contributed by atoms with E-state index >= 15 is 0 Å². The van der Waals surface area contributed by atoms with Crippen molar-refractivity contribution in [2.24, 2.45) is 5.92 Å². The molecule has 2 heterocycles. The van der Waals surface area contributed by atoms with E-state index in [9.17, 15) is 4.79 Å². The second-order valence-corrected chi connectivity index (χ2v) is 7.73. The standard InChI is InChI=1S/C15H27NO3S/c1-12(2)10-16(11-14(17)18)13-3-6-19-15(9-13)4-7-20-8-5-15/h12-13H,3-11H2,1-2H3,(H,17,18). The number of rotatable bonds is 5. The Bertz CT molecular complexity index is 324. The molecule has 1 unspecified atom stereocenters. The van der Waals surface area contributed by atoms with Crippen molar-refractivity contribution in [3.8, 4) is 0 Å². The number of hydrogen-bond donors (Lipinski definition) is 1. The number of aliphatic carboxylic acids is 1. The molecule has 20 heavy (non-hydrogen) atoms. The van der Waals surface area contributed by atoms with Crippen LogP contribution in [0, 0.1) is 5.92 Å². The van der Waals surface area contributed by atoms with Gasteiger partial charge in [0.15, 0.2) is 0 Å². The van der Waals surface area contributed by atoms with Crippen LogP contribution in [0.5, 0.6) is 0 Å². The van der Waals surface area contributed by atoms with Crippen LogP contribution in [0.4, 0.5) is 0 Å². The summed E-state index contributed by atoms with van der Waals surface area (Å²) in [6, 6.07) is 0.366. The quantitative estimate of drug-likeness (QED) is 0.845. The maximum Gasteiger partial charge on any atom is 0.317 e. The molecule has 2 fully saturated rings. The SMILES string of the molecule is CC(C)CN(CC(=O)O)C1CCOC2(CCSCC2)C1. The van der Waals surface area contributed by atoms with Crippen molar-refractivity contribution in [2.45, 2.75) is 51.2 Å². The normalized spacial score (nSPS) is 26.3. The summed E-state index contributed by atoms with van der Waals surface area (Å²) < 4.78 is 6.11. The first-order chi connectivity index (χ1) is 9.51. The first kappa shape index (κ1) is 16.1. The average molecular weight is 301 g/mol. The Morgan fingerprint density at radius 2 is 2.15 bits per heavy atom. The summed E-state index contributed by atoms with van der Waals surface area (Å²) in [4.78, 5) is 13.3. The molecule has 1 N–H and O–H groups in total. The highest BCUT2D eigenvalue weighted by Crippen LogP contribution is 2.38. The smallest absolute Gasteiger partial charge is 0.317 e. The highest BCUT2D eigenvalue weighted by molar-refractivity contribution is 7.99. The largest absolute Gasteiger partial charge is 0.480 e. The number of hydrogen-bond acceptors (Lipinski definition) is 4.